The number of ketones is 1. The van der Waals surface area contributed by atoms with E-state index < -0.39 is 11.9 Å². The molecule has 0 saturated carbocycles. The van der Waals surface area contributed by atoms with E-state index >= 15 is 0 Å². The van der Waals surface area contributed by atoms with E-state index in [-0.39, 0.29) is 18.9 Å². The first-order valence-electron chi connectivity index (χ1n) is 9.60. The molecule has 0 spiro atoms. The molecular weight excluding hydrogens is 362 g/mol. The van der Waals surface area contributed by atoms with Gasteiger partial charge in [-0.1, -0.05) is 31.2 Å². The molecule has 1 saturated heterocycles. The van der Waals surface area contributed by atoms with Crippen LogP contribution in [0, 0.1) is 0 Å². The summed E-state index contributed by atoms with van der Waals surface area (Å²) in [5.41, 5.74) is 1.78. The molecule has 0 atom stereocenters. The van der Waals surface area contributed by atoms with E-state index in [9.17, 15) is 14.4 Å². The van der Waals surface area contributed by atoms with Gasteiger partial charge in [-0.2, -0.15) is 0 Å². The van der Waals surface area contributed by atoms with Gasteiger partial charge in [0, 0.05) is 57.8 Å². The number of rotatable bonds is 8. The zero-order valence-corrected chi connectivity index (χ0v) is 16.3. The van der Waals surface area contributed by atoms with E-state index in [1.165, 1.54) is 0 Å². The van der Waals surface area contributed by atoms with Crippen LogP contribution in [-0.2, 0) is 16.1 Å². The normalized spacial score (nSPS) is 17.5. The Morgan fingerprint density at radius 1 is 0.786 bits per heavy atom. The number of aliphatic carboxylic acids is 2. The van der Waals surface area contributed by atoms with Crippen molar-refractivity contribution in [2.24, 2.45) is 0 Å². The molecule has 8 nitrogen and oxygen atoms in total. The minimum absolute atomic E-state index is 0.0530. The summed E-state index contributed by atoms with van der Waals surface area (Å²) in [5.74, 6) is -1.65. The fourth-order valence-electron chi connectivity index (χ4n) is 3.30. The summed E-state index contributed by atoms with van der Waals surface area (Å²) in [6, 6.07) is 7.56. The van der Waals surface area contributed by atoms with Gasteiger partial charge in [0.2, 0.25) is 0 Å². The number of benzene rings is 1. The topological polar surface area (TPSA) is 101 Å². The van der Waals surface area contributed by atoms with E-state index in [1.807, 2.05) is 41.0 Å². The van der Waals surface area contributed by atoms with Crippen LogP contribution in [0.25, 0.3) is 0 Å². The molecule has 154 valence electrons. The first-order chi connectivity index (χ1) is 13.4. The molecule has 0 aliphatic carbocycles. The standard InChI is InChI=1S/C20H29N3O5/c1-2-18(24)17-5-3-16(4-6-17)13-21-7-9-22(14-19(25)26)11-12-23(10-8-21)15-20(27)28/h3-6H,2,7-15H2,1H3,(H,25,26)(H,27,28). The van der Waals surface area contributed by atoms with Gasteiger partial charge in [-0.15, -0.1) is 0 Å². The molecule has 1 aliphatic heterocycles. The Morgan fingerprint density at radius 2 is 1.21 bits per heavy atom. The highest BCUT2D eigenvalue weighted by Gasteiger charge is 2.19. The maximum Gasteiger partial charge on any atom is 0.317 e. The molecule has 2 N–H and O–H groups in total. The lowest BCUT2D eigenvalue weighted by Crippen LogP contribution is -2.40. The summed E-state index contributed by atoms with van der Waals surface area (Å²) in [6.45, 7) is 6.08. The van der Waals surface area contributed by atoms with Crippen LogP contribution in [0.1, 0.15) is 29.3 Å². The molecule has 28 heavy (non-hydrogen) atoms. The van der Waals surface area contributed by atoms with Gasteiger partial charge in [0.05, 0.1) is 13.1 Å². The molecule has 2 rings (SSSR count). The van der Waals surface area contributed by atoms with E-state index in [0.717, 1.165) is 5.56 Å². The second kappa shape index (κ2) is 10.9. The SMILES string of the molecule is CCC(=O)c1ccc(CN2CCN(CC(=O)O)CCN(CC(=O)O)CC2)cc1. The second-order valence-corrected chi connectivity index (χ2v) is 7.09. The highest BCUT2D eigenvalue weighted by Crippen LogP contribution is 2.11. The first-order valence-corrected chi connectivity index (χ1v) is 9.60. The minimum atomic E-state index is -0.883. The third-order valence-electron chi connectivity index (χ3n) is 4.92. The van der Waals surface area contributed by atoms with Crippen LogP contribution in [0.3, 0.4) is 0 Å². The van der Waals surface area contributed by atoms with Crippen molar-refractivity contribution in [1.82, 2.24) is 14.7 Å². The van der Waals surface area contributed by atoms with Gasteiger partial charge in [-0.05, 0) is 5.56 Å². The zero-order valence-electron chi connectivity index (χ0n) is 16.3. The number of carboxylic acids is 2. The lowest BCUT2D eigenvalue weighted by Gasteiger charge is -2.25. The molecule has 0 radical (unpaired) electrons. The van der Waals surface area contributed by atoms with E-state index in [2.05, 4.69) is 4.90 Å². The summed E-state index contributed by atoms with van der Waals surface area (Å²) in [4.78, 5) is 39.9. The molecule has 1 aliphatic rings. The predicted octanol–water partition coefficient (Wildman–Crippen LogP) is 0.868. The molecule has 8 heteroatoms. The number of hydrogen-bond acceptors (Lipinski definition) is 6. The van der Waals surface area contributed by atoms with Gasteiger partial charge in [-0.3, -0.25) is 29.1 Å². The first kappa shape index (κ1) is 22.0. The third kappa shape index (κ3) is 7.38. The summed E-state index contributed by atoms with van der Waals surface area (Å²) in [6.07, 6.45) is 0.476. The zero-order chi connectivity index (χ0) is 20.5. The van der Waals surface area contributed by atoms with Gasteiger partial charge >= 0.3 is 11.9 Å². The Bertz CT molecular complexity index is 649. The van der Waals surface area contributed by atoms with Gasteiger partial charge in [-0.25, -0.2) is 0 Å². The Labute approximate surface area is 165 Å². The fraction of sp³-hybridized carbons (Fsp3) is 0.550. The van der Waals surface area contributed by atoms with Crippen molar-refractivity contribution in [2.75, 3.05) is 52.4 Å². The van der Waals surface area contributed by atoms with Crippen molar-refractivity contribution in [3.05, 3.63) is 35.4 Å². The van der Waals surface area contributed by atoms with Crippen molar-refractivity contribution < 1.29 is 24.6 Å². The maximum absolute atomic E-state index is 11.8. The van der Waals surface area contributed by atoms with Crippen LogP contribution in [0.4, 0.5) is 0 Å². The number of hydrogen-bond donors (Lipinski definition) is 2. The predicted molar refractivity (Wildman–Crippen MR) is 104 cm³/mol. The number of carbonyl (C=O) groups excluding carboxylic acids is 1. The van der Waals surface area contributed by atoms with Gasteiger partial charge in [0.1, 0.15) is 0 Å². The molecule has 1 fully saturated rings. The lowest BCUT2D eigenvalue weighted by atomic mass is 10.1. The monoisotopic (exact) mass is 391 g/mol. The van der Waals surface area contributed by atoms with Gasteiger partial charge < -0.3 is 10.2 Å². The van der Waals surface area contributed by atoms with Crippen molar-refractivity contribution in [3.8, 4) is 0 Å². The number of Topliss-reactive ketones (excluding diaryl/α,β-unsaturated/α-hetero) is 1. The van der Waals surface area contributed by atoms with Crippen molar-refractivity contribution in [3.63, 3.8) is 0 Å². The molecule has 0 aromatic heterocycles. The number of carboxylic acid groups (broad SMARTS) is 2. The second-order valence-electron chi connectivity index (χ2n) is 7.09. The number of nitrogens with zero attached hydrogens (tertiary/aromatic N) is 3. The van der Waals surface area contributed by atoms with Crippen LogP contribution in [0.15, 0.2) is 24.3 Å². The van der Waals surface area contributed by atoms with Crippen molar-refractivity contribution in [2.45, 2.75) is 19.9 Å². The van der Waals surface area contributed by atoms with E-state index in [4.69, 9.17) is 10.2 Å². The molecular formula is C20H29N3O5. The molecule has 0 amide bonds. The Hall–Kier alpha value is -2.29. The van der Waals surface area contributed by atoms with Gasteiger partial charge in [0.15, 0.2) is 5.78 Å². The fourth-order valence-corrected chi connectivity index (χ4v) is 3.30. The highest BCUT2D eigenvalue weighted by molar-refractivity contribution is 5.95. The average Bonchev–Trinajstić information content (AvgIpc) is 2.73. The van der Waals surface area contributed by atoms with E-state index in [1.54, 1.807) is 0 Å². The van der Waals surface area contributed by atoms with E-state index in [0.29, 0.717) is 57.8 Å². The summed E-state index contributed by atoms with van der Waals surface area (Å²) in [7, 11) is 0. The van der Waals surface area contributed by atoms with Crippen LogP contribution in [0.5, 0.6) is 0 Å². The Kier molecular flexibility index (Phi) is 8.56. The van der Waals surface area contributed by atoms with Crippen LogP contribution < -0.4 is 0 Å². The van der Waals surface area contributed by atoms with Crippen LogP contribution in [0.2, 0.25) is 0 Å². The lowest BCUT2D eigenvalue weighted by molar-refractivity contribution is -0.140. The van der Waals surface area contributed by atoms with Crippen molar-refractivity contribution in [1.29, 1.82) is 0 Å². The number of carbonyl (C=O) groups is 3. The summed E-state index contributed by atoms with van der Waals surface area (Å²) >= 11 is 0. The van der Waals surface area contributed by atoms with Crippen LogP contribution in [-0.4, -0.2) is 95.0 Å². The smallest absolute Gasteiger partial charge is 0.317 e. The quantitative estimate of drug-likeness (QED) is 0.630. The molecule has 0 unspecified atom stereocenters. The summed E-state index contributed by atoms with van der Waals surface area (Å²) in [5, 5.41) is 18.2. The van der Waals surface area contributed by atoms with Crippen molar-refractivity contribution >= 4 is 17.7 Å². The molecule has 1 heterocycles. The molecule has 0 bridgehead atoms. The van der Waals surface area contributed by atoms with Crippen LogP contribution >= 0.6 is 0 Å². The minimum Gasteiger partial charge on any atom is -0.480 e. The molecule has 1 aromatic carbocycles. The molecule has 1 aromatic rings. The summed E-state index contributed by atoms with van der Waals surface area (Å²) < 4.78 is 0. The highest BCUT2D eigenvalue weighted by atomic mass is 16.4. The third-order valence-corrected chi connectivity index (χ3v) is 4.92. The Balaban J connectivity index is 2.05. The largest absolute Gasteiger partial charge is 0.480 e. The average molecular weight is 391 g/mol. The van der Waals surface area contributed by atoms with Gasteiger partial charge in [0.25, 0.3) is 0 Å². The Morgan fingerprint density at radius 3 is 1.61 bits per heavy atom. The maximum atomic E-state index is 11.8.